The van der Waals surface area contributed by atoms with E-state index >= 15 is 0 Å². The number of aryl methyl sites for hydroxylation is 2. The van der Waals surface area contributed by atoms with Gasteiger partial charge in [0, 0.05) is 25.7 Å². The summed E-state index contributed by atoms with van der Waals surface area (Å²) in [4.78, 5) is 2.59. The van der Waals surface area contributed by atoms with Crippen molar-refractivity contribution in [2.75, 3.05) is 20.2 Å². The lowest BCUT2D eigenvalue weighted by Crippen LogP contribution is -2.44. The second-order valence-electron chi connectivity index (χ2n) is 7.92. The van der Waals surface area contributed by atoms with Gasteiger partial charge in [-0.3, -0.25) is 4.90 Å². The van der Waals surface area contributed by atoms with Crippen molar-refractivity contribution < 1.29 is 17.5 Å². The number of hydrogen-bond donors (Lipinski definition) is 1. The lowest BCUT2D eigenvalue weighted by molar-refractivity contribution is 0.199. The zero-order valence-electron chi connectivity index (χ0n) is 16.7. The van der Waals surface area contributed by atoms with Gasteiger partial charge in [-0.05, 0) is 73.1 Å². The standard InChI is InChI=1S/C22H27FN2O3S/c1-28-22-8-5-16(13-21(22)23)15-25-11-9-19(10-12-25)24-29(26,27)20-7-6-17-3-2-4-18(17)14-20/h5-8,13-14,19,24H,2-4,9-12,15H2,1H3. The number of piperidine rings is 1. The van der Waals surface area contributed by atoms with Gasteiger partial charge in [0.05, 0.1) is 12.0 Å². The minimum atomic E-state index is -3.50. The van der Waals surface area contributed by atoms with Crippen molar-refractivity contribution in [1.29, 1.82) is 0 Å². The number of methoxy groups -OCH3 is 1. The van der Waals surface area contributed by atoms with Crippen molar-refractivity contribution in [3.63, 3.8) is 0 Å². The van der Waals surface area contributed by atoms with Crippen LogP contribution in [0.5, 0.6) is 5.75 Å². The number of benzene rings is 2. The first-order valence-corrected chi connectivity index (χ1v) is 11.6. The van der Waals surface area contributed by atoms with E-state index < -0.39 is 10.0 Å². The van der Waals surface area contributed by atoms with E-state index in [1.165, 1.54) is 18.7 Å². The number of ether oxygens (including phenoxy) is 1. The molecule has 0 amide bonds. The van der Waals surface area contributed by atoms with E-state index in [0.29, 0.717) is 11.4 Å². The van der Waals surface area contributed by atoms with Crippen LogP contribution in [0.3, 0.4) is 0 Å². The van der Waals surface area contributed by atoms with Gasteiger partial charge < -0.3 is 4.74 Å². The minimum absolute atomic E-state index is 0.0721. The van der Waals surface area contributed by atoms with Gasteiger partial charge >= 0.3 is 0 Å². The van der Waals surface area contributed by atoms with Crippen LogP contribution in [-0.4, -0.2) is 39.6 Å². The molecule has 29 heavy (non-hydrogen) atoms. The molecule has 1 aliphatic heterocycles. The predicted octanol–water partition coefficient (Wildman–Crippen LogP) is 3.27. The van der Waals surface area contributed by atoms with Crippen molar-refractivity contribution in [3.05, 3.63) is 58.9 Å². The summed E-state index contributed by atoms with van der Waals surface area (Å²) >= 11 is 0. The van der Waals surface area contributed by atoms with Crippen molar-refractivity contribution in [2.24, 2.45) is 0 Å². The zero-order chi connectivity index (χ0) is 20.4. The lowest BCUT2D eigenvalue weighted by atomic mass is 10.1. The third kappa shape index (κ3) is 4.63. The fourth-order valence-corrected chi connectivity index (χ4v) is 5.63. The van der Waals surface area contributed by atoms with E-state index in [0.717, 1.165) is 56.3 Å². The van der Waals surface area contributed by atoms with Crippen molar-refractivity contribution in [2.45, 2.75) is 49.6 Å². The summed E-state index contributed by atoms with van der Waals surface area (Å²) < 4.78 is 47.3. The molecule has 1 heterocycles. The van der Waals surface area contributed by atoms with Crippen LogP contribution in [0.15, 0.2) is 41.3 Å². The second kappa shape index (κ2) is 8.42. The number of likely N-dealkylation sites (tertiary alicyclic amines) is 1. The Balaban J connectivity index is 1.33. The number of fused-ring (bicyclic) bond motifs is 1. The summed E-state index contributed by atoms with van der Waals surface area (Å²) in [5.41, 5.74) is 3.32. The maximum Gasteiger partial charge on any atom is 0.240 e. The molecular formula is C22H27FN2O3S. The smallest absolute Gasteiger partial charge is 0.240 e. The van der Waals surface area contributed by atoms with Crippen LogP contribution in [0, 0.1) is 5.82 Å². The minimum Gasteiger partial charge on any atom is -0.494 e. The van der Waals surface area contributed by atoms with Crippen LogP contribution in [-0.2, 0) is 29.4 Å². The quantitative estimate of drug-likeness (QED) is 0.782. The highest BCUT2D eigenvalue weighted by Gasteiger charge is 2.25. The molecule has 5 nitrogen and oxygen atoms in total. The van der Waals surface area contributed by atoms with Gasteiger partial charge in [0.2, 0.25) is 10.0 Å². The monoisotopic (exact) mass is 418 g/mol. The molecule has 7 heteroatoms. The molecule has 0 atom stereocenters. The average Bonchev–Trinajstić information content (AvgIpc) is 3.17. The van der Waals surface area contributed by atoms with E-state index in [9.17, 15) is 12.8 Å². The number of rotatable bonds is 6. The lowest BCUT2D eigenvalue weighted by Gasteiger charge is -2.32. The van der Waals surface area contributed by atoms with E-state index in [-0.39, 0.29) is 17.6 Å². The average molecular weight is 419 g/mol. The molecular weight excluding hydrogens is 391 g/mol. The van der Waals surface area contributed by atoms with E-state index in [1.54, 1.807) is 12.1 Å². The Morgan fingerprint density at radius 2 is 1.86 bits per heavy atom. The van der Waals surface area contributed by atoms with Crippen LogP contribution < -0.4 is 9.46 Å². The fraction of sp³-hybridized carbons (Fsp3) is 0.455. The molecule has 0 bridgehead atoms. The third-order valence-electron chi connectivity index (χ3n) is 5.91. The van der Waals surface area contributed by atoms with Crippen molar-refractivity contribution >= 4 is 10.0 Å². The molecule has 1 N–H and O–H groups in total. The summed E-state index contributed by atoms with van der Waals surface area (Å²) in [6.45, 7) is 2.18. The first kappa shape index (κ1) is 20.3. The summed E-state index contributed by atoms with van der Waals surface area (Å²) in [6, 6.07) is 10.4. The maximum atomic E-state index is 13.9. The highest BCUT2D eigenvalue weighted by molar-refractivity contribution is 7.89. The number of nitrogens with zero attached hydrogens (tertiary/aromatic N) is 1. The largest absolute Gasteiger partial charge is 0.494 e. The molecule has 1 fully saturated rings. The maximum absolute atomic E-state index is 13.9. The van der Waals surface area contributed by atoms with Gasteiger partial charge in [-0.15, -0.1) is 0 Å². The van der Waals surface area contributed by atoms with Crippen LogP contribution in [0.4, 0.5) is 4.39 Å². The highest BCUT2D eigenvalue weighted by atomic mass is 32.2. The molecule has 0 saturated carbocycles. The Morgan fingerprint density at radius 1 is 1.10 bits per heavy atom. The molecule has 0 spiro atoms. The number of halogens is 1. The Labute approximate surface area is 171 Å². The SMILES string of the molecule is COc1ccc(CN2CCC(NS(=O)(=O)c3ccc4c(c3)CCC4)CC2)cc1F. The summed E-state index contributed by atoms with van der Waals surface area (Å²) in [6.07, 6.45) is 4.58. The Morgan fingerprint density at radius 3 is 2.59 bits per heavy atom. The van der Waals surface area contributed by atoms with Gasteiger partial charge in [-0.2, -0.15) is 0 Å². The first-order valence-electron chi connectivity index (χ1n) is 10.1. The Bertz CT molecular complexity index is 986. The van der Waals surface area contributed by atoms with Gasteiger partial charge in [0.15, 0.2) is 11.6 Å². The number of hydrogen-bond acceptors (Lipinski definition) is 4. The van der Waals surface area contributed by atoms with Crippen molar-refractivity contribution in [1.82, 2.24) is 9.62 Å². The molecule has 0 radical (unpaired) electrons. The van der Waals surface area contributed by atoms with Crippen LogP contribution >= 0.6 is 0 Å². The molecule has 2 aliphatic rings. The topological polar surface area (TPSA) is 58.6 Å². The highest BCUT2D eigenvalue weighted by Crippen LogP contribution is 2.25. The van der Waals surface area contributed by atoms with Crippen molar-refractivity contribution in [3.8, 4) is 5.75 Å². The Hall–Kier alpha value is -1.96. The third-order valence-corrected chi connectivity index (χ3v) is 7.43. The summed E-state index contributed by atoms with van der Waals surface area (Å²) in [7, 11) is -2.05. The van der Waals surface area contributed by atoms with Crippen LogP contribution in [0.25, 0.3) is 0 Å². The molecule has 1 aliphatic carbocycles. The van der Waals surface area contributed by atoms with Gasteiger partial charge in [-0.1, -0.05) is 12.1 Å². The first-order chi connectivity index (χ1) is 13.9. The molecule has 0 unspecified atom stereocenters. The number of sulfonamides is 1. The zero-order valence-corrected chi connectivity index (χ0v) is 17.5. The Kier molecular flexibility index (Phi) is 5.90. The summed E-state index contributed by atoms with van der Waals surface area (Å²) in [5.74, 6) is -0.115. The van der Waals surface area contributed by atoms with E-state index in [2.05, 4.69) is 9.62 Å². The molecule has 156 valence electrons. The van der Waals surface area contributed by atoms with Gasteiger partial charge in [0.25, 0.3) is 0 Å². The molecule has 2 aromatic rings. The molecule has 4 rings (SSSR count). The molecule has 2 aromatic carbocycles. The normalized spacial score (nSPS) is 18.0. The van der Waals surface area contributed by atoms with Crippen LogP contribution in [0.1, 0.15) is 36.0 Å². The van der Waals surface area contributed by atoms with Gasteiger partial charge in [0.1, 0.15) is 0 Å². The second-order valence-corrected chi connectivity index (χ2v) is 9.64. The molecule has 0 aromatic heterocycles. The molecule has 1 saturated heterocycles. The van der Waals surface area contributed by atoms with Gasteiger partial charge in [-0.25, -0.2) is 17.5 Å². The van der Waals surface area contributed by atoms with Crippen LogP contribution in [0.2, 0.25) is 0 Å². The van der Waals surface area contributed by atoms with E-state index in [1.807, 2.05) is 18.2 Å². The fourth-order valence-electron chi connectivity index (χ4n) is 4.28. The van der Waals surface area contributed by atoms with E-state index in [4.69, 9.17) is 4.74 Å². The predicted molar refractivity (Wildman–Crippen MR) is 110 cm³/mol. The summed E-state index contributed by atoms with van der Waals surface area (Å²) in [5, 5.41) is 0. The number of nitrogens with one attached hydrogen (secondary N) is 1.